The minimum atomic E-state index is -0.0661. The third kappa shape index (κ3) is 5.10. The Kier molecular flexibility index (Phi) is 7.15. The molecule has 0 saturated heterocycles. The summed E-state index contributed by atoms with van der Waals surface area (Å²) >= 11 is 0. The van der Waals surface area contributed by atoms with Crippen LogP contribution < -0.4 is 5.56 Å². The van der Waals surface area contributed by atoms with E-state index in [1.165, 1.54) is 11.1 Å². The van der Waals surface area contributed by atoms with E-state index < -0.39 is 0 Å². The molecule has 1 aliphatic carbocycles. The number of nitrogens with zero attached hydrogens (tertiary/aromatic N) is 2. The van der Waals surface area contributed by atoms with Crippen LogP contribution in [0.5, 0.6) is 0 Å². The Morgan fingerprint density at radius 2 is 2.07 bits per heavy atom. The van der Waals surface area contributed by atoms with Gasteiger partial charge < -0.3 is 9.72 Å². The van der Waals surface area contributed by atoms with Crippen molar-refractivity contribution in [1.82, 2.24) is 9.97 Å². The molecule has 0 bridgehead atoms. The van der Waals surface area contributed by atoms with E-state index >= 15 is 0 Å². The predicted octanol–water partition coefficient (Wildman–Crippen LogP) is 4.48. The highest BCUT2D eigenvalue weighted by atomic mass is 16.5. The number of nitriles is 1. The van der Waals surface area contributed by atoms with Gasteiger partial charge in [0.05, 0.1) is 17.3 Å². The second-order valence-electron chi connectivity index (χ2n) is 7.33. The lowest BCUT2D eigenvalue weighted by molar-refractivity contribution is 0.177. The van der Waals surface area contributed by atoms with Crippen LogP contribution in [0.1, 0.15) is 60.8 Å². The highest BCUT2D eigenvalue weighted by Gasteiger charge is 2.16. The number of ether oxygens (including phenoxy) is 1. The molecule has 1 aromatic carbocycles. The predicted molar refractivity (Wildman–Crippen MR) is 114 cm³/mol. The number of nitrogens with one attached hydrogen (secondary N) is 1. The Balaban J connectivity index is 1.86. The number of methoxy groups -OCH3 is 1. The lowest BCUT2D eigenvalue weighted by Gasteiger charge is -2.17. The number of unbranched alkanes of at least 4 members (excludes halogenated alkanes) is 1. The Hall–Kier alpha value is -2.97. The molecule has 0 amide bonds. The summed E-state index contributed by atoms with van der Waals surface area (Å²) in [6.07, 6.45) is 9.39. The van der Waals surface area contributed by atoms with Crippen LogP contribution in [0.25, 0.3) is 5.57 Å². The Bertz CT molecular complexity index is 1030. The maximum atomic E-state index is 12.7. The van der Waals surface area contributed by atoms with Gasteiger partial charge in [0.1, 0.15) is 12.4 Å². The van der Waals surface area contributed by atoms with E-state index in [-0.39, 0.29) is 5.56 Å². The molecule has 1 heterocycles. The number of hydrogen-bond donors (Lipinski definition) is 1. The van der Waals surface area contributed by atoms with E-state index in [1.54, 1.807) is 7.11 Å². The Labute approximate surface area is 171 Å². The maximum absolute atomic E-state index is 12.7. The Morgan fingerprint density at radius 1 is 1.24 bits per heavy atom. The first kappa shape index (κ1) is 20.8. The fourth-order valence-electron chi connectivity index (χ4n) is 3.67. The molecule has 2 aromatic rings. The minimum absolute atomic E-state index is 0.0661. The zero-order valence-corrected chi connectivity index (χ0v) is 17.1. The van der Waals surface area contributed by atoms with E-state index in [9.17, 15) is 10.1 Å². The summed E-state index contributed by atoms with van der Waals surface area (Å²) in [6.45, 7) is 2.44. The Morgan fingerprint density at radius 3 is 2.76 bits per heavy atom. The topological polar surface area (TPSA) is 78.8 Å². The van der Waals surface area contributed by atoms with Crippen LogP contribution in [-0.2, 0) is 24.2 Å². The quantitative estimate of drug-likeness (QED) is 0.722. The highest BCUT2D eigenvalue weighted by Crippen LogP contribution is 2.30. The van der Waals surface area contributed by atoms with Crippen molar-refractivity contribution in [3.8, 4) is 6.07 Å². The van der Waals surface area contributed by atoms with Crippen molar-refractivity contribution >= 4 is 5.57 Å². The standard InChI is InChI=1S/C24H27N3O2/c1-3-4-9-22-21(24(28)27-23(26-22)16-29-2)14-17-10-12-18(13-11-17)20-8-6-5-7-19(20)15-25/h5-8,10,12H,3-4,9,11,13-14,16H2,1-2H3,(H,26,27,28). The van der Waals surface area contributed by atoms with Crippen molar-refractivity contribution in [1.29, 1.82) is 5.26 Å². The summed E-state index contributed by atoms with van der Waals surface area (Å²) in [7, 11) is 1.60. The summed E-state index contributed by atoms with van der Waals surface area (Å²) in [5.41, 5.74) is 5.66. The molecule has 0 spiro atoms. The van der Waals surface area contributed by atoms with Gasteiger partial charge >= 0.3 is 0 Å². The number of rotatable bonds is 8. The summed E-state index contributed by atoms with van der Waals surface area (Å²) in [4.78, 5) is 20.2. The van der Waals surface area contributed by atoms with E-state index in [2.05, 4.69) is 35.1 Å². The number of aromatic nitrogens is 2. The SMILES string of the molecule is CCCCc1nc(COC)[nH]c(=O)c1CC1=CC=C(c2ccccc2C#N)CC1. The van der Waals surface area contributed by atoms with Crippen LogP contribution in [0.2, 0.25) is 0 Å². The van der Waals surface area contributed by atoms with E-state index in [0.29, 0.717) is 24.4 Å². The number of aromatic amines is 1. The highest BCUT2D eigenvalue weighted by molar-refractivity contribution is 5.73. The number of aryl methyl sites for hydroxylation is 1. The van der Waals surface area contributed by atoms with E-state index in [0.717, 1.165) is 48.9 Å². The molecule has 5 nitrogen and oxygen atoms in total. The zero-order chi connectivity index (χ0) is 20.6. The molecule has 0 radical (unpaired) electrons. The van der Waals surface area contributed by atoms with Gasteiger partial charge in [-0.25, -0.2) is 4.98 Å². The third-order valence-corrected chi connectivity index (χ3v) is 5.23. The van der Waals surface area contributed by atoms with Crippen molar-refractivity contribution in [2.24, 2.45) is 0 Å². The normalized spacial score (nSPS) is 13.6. The molecule has 1 aliphatic rings. The molecular formula is C24H27N3O2. The largest absolute Gasteiger partial charge is 0.377 e. The van der Waals surface area contributed by atoms with E-state index in [4.69, 9.17) is 4.74 Å². The van der Waals surface area contributed by atoms with Gasteiger partial charge in [0.2, 0.25) is 0 Å². The molecule has 150 valence electrons. The fourth-order valence-corrected chi connectivity index (χ4v) is 3.67. The molecule has 0 fully saturated rings. The summed E-state index contributed by atoms with van der Waals surface area (Å²) in [5, 5.41) is 9.34. The smallest absolute Gasteiger partial charge is 0.254 e. The summed E-state index contributed by atoms with van der Waals surface area (Å²) < 4.78 is 5.13. The second kappa shape index (κ2) is 9.99. The molecule has 3 rings (SSSR count). The molecule has 5 heteroatoms. The van der Waals surface area contributed by atoms with Crippen LogP contribution in [0.4, 0.5) is 0 Å². The molecule has 1 N–H and O–H groups in total. The number of allylic oxidation sites excluding steroid dienone is 4. The molecule has 0 saturated carbocycles. The van der Waals surface area contributed by atoms with Crippen molar-refractivity contribution in [3.05, 3.63) is 80.6 Å². The van der Waals surface area contributed by atoms with Gasteiger partial charge in [-0.3, -0.25) is 4.79 Å². The number of benzene rings is 1. The first-order valence-electron chi connectivity index (χ1n) is 10.1. The van der Waals surface area contributed by atoms with Crippen molar-refractivity contribution in [2.45, 2.75) is 52.1 Å². The molecule has 0 unspecified atom stereocenters. The second-order valence-corrected chi connectivity index (χ2v) is 7.33. The van der Waals surface area contributed by atoms with Gasteiger partial charge in [-0.1, -0.05) is 49.3 Å². The first-order chi connectivity index (χ1) is 14.2. The van der Waals surface area contributed by atoms with Crippen LogP contribution in [-0.4, -0.2) is 17.1 Å². The van der Waals surface area contributed by atoms with Crippen LogP contribution in [0.3, 0.4) is 0 Å². The molecule has 29 heavy (non-hydrogen) atoms. The molecule has 0 atom stereocenters. The van der Waals surface area contributed by atoms with E-state index in [1.807, 2.05) is 24.3 Å². The van der Waals surface area contributed by atoms with Gasteiger partial charge in [-0.2, -0.15) is 5.26 Å². The van der Waals surface area contributed by atoms with Gasteiger partial charge in [0.25, 0.3) is 5.56 Å². The monoisotopic (exact) mass is 389 g/mol. The van der Waals surface area contributed by atoms with Crippen molar-refractivity contribution < 1.29 is 4.74 Å². The van der Waals surface area contributed by atoms with Gasteiger partial charge in [0.15, 0.2) is 0 Å². The maximum Gasteiger partial charge on any atom is 0.254 e. The first-order valence-corrected chi connectivity index (χ1v) is 10.1. The van der Waals surface area contributed by atoms with Gasteiger partial charge in [-0.05, 0) is 42.9 Å². The summed E-state index contributed by atoms with van der Waals surface area (Å²) in [6, 6.07) is 9.96. The van der Waals surface area contributed by atoms with Crippen LogP contribution >= 0.6 is 0 Å². The van der Waals surface area contributed by atoms with Crippen LogP contribution in [0, 0.1) is 11.3 Å². The fraction of sp³-hybridized carbons (Fsp3) is 0.375. The molecule has 0 aliphatic heterocycles. The minimum Gasteiger partial charge on any atom is -0.377 e. The average molecular weight is 389 g/mol. The number of H-pyrrole nitrogens is 1. The molecular weight excluding hydrogens is 362 g/mol. The lowest BCUT2D eigenvalue weighted by Crippen LogP contribution is -2.21. The molecule has 1 aromatic heterocycles. The lowest BCUT2D eigenvalue weighted by atomic mass is 9.88. The van der Waals surface area contributed by atoms with Crippen molar-refractivity contribution in [2.75, 3.05) is 7.11 Å². The van der Waals surface area contributed by atoms with Crippen molar-refractivity contribution in [3.63, 3.8) is 0 Å². The summed E-state index contributed by atoms with van der Waals surface area (Å²) in [5.74, 6) is 0.584. The number of hydrogen-bond acceptors (Lipinski definition) is 4. The third-order valence-electron chi connectivity index (χ3n) is 5.23. The van der Waals surface area contributed by atoms with Crippen LogP contribution in [0.15, 0.2) is 46.8 Å². The zero-order valence-electron chi connectivity index (χ0n) is 17.1. The van der Waals surface area contributed by atoms with Gasteiger partial charge in [0, 0.05) is 19.1 Å². The van der Waals surface area contributed by atoms with Gasteiger partial charge in [-0.15, -0.1) is 0 Å². The average Bonchev–Trinajstić information content (AvgIpc) is 2.75.